The van der Waals surface area contributed by atoms with Gasteiger partial charge in [-0.25, -0.2) is 9.78 Å². The van der Waals surface area contributed by atoms with Crippen LogP contribution >= 0.6 is 11.3 Å². The van der Waals surface area contributed by atoms with E-state index < -0.39 is 18.0 Å². The van der Waals surface area contributed by atoms with E-state index in [0.29, 0.717) is 17.2 Å². The monoisotopic (exact) mass is 486 g/mol. The number of thiazole rings is 1. The SMILES string of the molecule is Cc1ccc(-c2csc(NC(=O)C(C)OC(=O)c3c4c(nc5ccccc35)CCN(C)C4)n2)cc1. The topological polar surface area (TPSA) is 84.4 Å². The van der Waals surface area contributed by atoms with Crippen LogP contribution in [0.4, 0.5) is 5.13 Å². The normalized spacial score (nSPS) is 14.4. The molecule has 1 atom stereocenters. The maximum atomic E-state index is 13.4. The zero-order valence-corrected chi connectivity index (χ0v) is 20.7. The van der Waals surface area contributed by atoms with Crippen LogP contribution < -0.4 is 5.32 Å². The van der Waals surface area contributed by atoms with Gasteiger partial charge in [-0.2, -0.15) is 0 Å². The molecule has 7 nitrogen and oxygen atoms in total. The first-order chi connectivity index (χ1) is 16.9. The lowest BCUT2D eigenvalue weighted by Gasteiger charge is -2.27. The van der Waals surface area contributed by atoms with Gasteiger partial charge in [0, 0.05) is 47.1 Å². The summed E-state index contributed by atoms with van der Waals surface area (Å²) in [5.74, 6) is -0.940. The van der Waals surface area contributed by atoms with Crippen LogP contribution in [0.15, 0.2) is 53.9 Å². The van der Waals surface area contributed by atoms with E-state index in [4.69, 9.17) is 9.72 Å². The third-order valence-electron chi connectivity index (χ3n) is 6.18. The Morgan fingerprint density at radius 1 is 1.11 bits per heavy atom. The van der Waals surface area contributed by atoms with Crippen LogP contribution in [-0.2, 0) is 22.5 Å². The molecule has 0 bridgehead atoms. The Balaban J connectivity index is 1.34. The number of pyridine rings is 1. The number of esters is 1. The highest BCUT2D eigenvalue weighted by Crippen LogP contribution is 2.29. The van der Waals surface area contributed by atoms with Crippen LogP contribution in [0.2, 0.25) is 0 Å². The Kier molecular flexibility index (Phi) is 6.32. The van der Waals surface area contributed by atoms with Crippen LogP contribution in [0, 0.1) is 6.92 Å². The van der Waals surface area contributed by atoms with E-state index in [9.17, 15) is 9.59 Å². The summed E-state index contributed by atoms with van der Waals surface area (Å²) in [5, 5.41) is 5.87. The number of para-hydroxylation sites is 1. The first-order valence-electron chi connectivity index (χ1n) is 11.5. The summed E-state index contributed by atoms with van der Waals surface area (Å²) in [7, 11) is 2.02. The minimum absolute atomic E-state index is 0.424. The minimum Gasteiger partial charge on any atom is -0.449 e. The van der Waals surface area contributed by atoms with Gasteiger partial charge >= 0.3 is 5.97 Å². The van der Waals surface area contributed by atoms with Crippen molar-refractivity contribution in [1.29, 1.82) is 0 Å². The van der Waals surface area contributed by atoms with Gasteiger partial charge in [-0.1, -0.05) is 48.0 Å². The summed E-state index contributed by atoms with van der Waals surface area (Å²) < 4.78 is 5.66. The predicted molar refractivity (Wildman–Crippen MR) is 138 cm³/mol. The molecular weight excluding hydrogens is 460 g/mol. The van der Waals surface area contributed by atoms with E-state index in [1.165, 1.54) is 16.9 Å². The van der Waals surface area contributed by atoms with Crippen LogP contribution in [0.5, 0.6) is 0 Å². The summed E-state index contributed by atoms with van der Waals surface area (Å²) in [4.78, 5) is 37.6. The Morgan fingerprint density at radius 3 is 2.69 bits per heavy atom. The van der Waals surface area contributed by atoms with Crippen molar-refractivity contribution in [3.8, 4) is 11.3 Å². The maximum Gasteiger partial charge on any atom is 0.339 e. The summed E-state index contributed by atoms with van der Waals surface area (Å²) in [6.07, 6.45) is -0.224. The number of anilines is 1. The molecule has 35 heavy (non-hydrogen) atoms. The summed E-state index contributed by atoms with van der Waals surface area (Å²) in [5.41, 5.74) is 5.97. The number of carbonyl (C=O) groups is 2. The fourth-order valence-corrected chi connectivity index (χ4v) is 4.95. The highest BCUT2D eigenvalue weighted by Gasteiger charge is 2.28. The van der Waals surface area contributed by atoms with E-state index >= 15 is 0 Å². The number of fused-ring (bicyclic) bond motifs is 2. The number of carbonyl (C=O) groups excluding carboxylic acids is 2. The Morgan fingerprint density at radius 2 is 1.89 bits per heavy atom. The second-order valence-electron chi connectivity index (χ2n) is 8.86. The van der Waals surface area contributed by atoms with Gasteiger partial charge < -0.3 is 9.64 Å². The zero-order chi connectivity index (χ0) is 24.5. The molecule has 2 aromatic heterocycles. The fourth-order valence-electron chi connectivity index (χ4n) is 4.23. The quantitative estimate of drug-likeness (QED) is 0.407. The van der Waals surface area contributed by atoms with Gasteiger partial charge in [0.2, 0.25) is 0 Å². The second kappa shape index (κ2) is 9.56. The molecule has 178 valence electrons. The molecule has 0 fully saturated rings. The molecule has 1 N–H and O–H groups in total. The number of benzene rings is 2. The first kappa shape index (κ1) is 23.1. The average Bonchev–Trinajstić information content (AvgIpc) is 3.31. The molecule has 5 rings (SSSR count). The number of aromatic nitrogens is 2. The van der Waals surface area contributed by atoms with Crippen molar-refractivity contribution in [3.63, 3.8) is 0 Å². The average molecular weight is 487 g/mol. The molecule has 0 saturated heterocycles. The number of nitrogens with zero attached hydrogens (tertiary/aromatic N) is 3. The summed E-state index contributed by atoms with van der Waals surface area (Å²) >= 11 is 1.33. The molecule has 2 aromatic carbocycles. The predicted octanol–water partition coefficient (Wildman–Crippen LogP) is 4.84. The van der Waals surface area contributed by atoms with Gasteiger partial charge in [0.05, 0.1) is 16.8 Å². The Labute approximate surface area is 207 Å². The maximum absolute atomic E-state index is 13.4. The van der Waals surface area contributed by atoms with E-state index in [-0.39, 0.29) is 0 Å². The van der Waals surface area contributed by atoms with E-state index in [1.54, 1.807) is 6.92 Å². The van der Waals surface area contributed by atoms with Crippen molar-refractivity contribution in [2.75, 3.05) is 18.9 Å². The van der Waals surface area contributed by atoms with Crippen molar-refractivity contribution in [2.45, 2.75) is 32.9 Å². The van der Waals surface area contributed by atoms with Gasteiger partial charge in [-0.15, -0.1) is 11.3 Å². The molecule has 0 saturated carbocycles. The molecule has 1 aliphatic heterocycles. The van der Waals surface area contributed by atoms with Crippen LogP contribution in [-0.4, -0.2) is 46.4 Å². The van der Waals surface area contributed by atoms with E-state index in [1.807, 2.05) is 67.9 Å². The van der Waals surface area contributed by atoms with Crippen molar-refractivity contribution in [3.05, 3.63) is 76.3 Å². The van der Waals surface area contributed by atoms with Crippen molar-refractivity contribution in [2.24, 2.45) is 0 Å². The van der Waals surface area contributed by atoms with Gasteiger partial charge in [0.15, 0.2) is 11.2 Å². The molecule has 0 aliphatic carbocycles. The van der Waals surface area contributed by atoms with E-state index in [2.05, 4.69) is 15.2 Å². The zero-order valence-electron chi connectivity index (χ0n) is 19.9. The third kappa shape index (κ3) is 4.80. The minimum atomic E-state index is -0.988. The summed E-state index contributed by atoms with van der Waals surface area (Å²) in [6.45, 7) is 5.09. The molecule has 8 heteroatoms. The van der Waals surface area contributed by atoms with Crippen molar-refractivity contribution >= 4 is 39.2 Å². The largest absolute Gasteiger partial charge is 0.449 e. The lowest BCUT2D eigenvalue weighted by molar-refractivity contribution is -0.123. The van der Waals surface area contributed by atoms with Gasteiger partial charge in [-0.05, 0) is 27.0 Å². The Bertz CT molecular complexity index is 1410. The van der Waals surface area contributed by atoms with Crippen LogP contribution in [0.1, 0.15) is 34.1 Å². The molecule has 1 unspecified atom stereocenters. The number of aryl methyl sites for hydroxylation is 1. The number of hydrogen-bond donors (Lipinski definition) is 1. The van der Waals surface area contributed by atoms with Gasteiger partial charge in [0.25, 0.3) is 5.91 Å². The first-order valence-corrected chi connectivity index (χ1v) is 12.4. The number of amides is 1. The lowest BCUT2D eigenvalue weighted by atomic mass is 9.96. The number of ether oxygens (including phenoxy) is 1. The number of nitrogens with one attached hydrogen (secondary N) is 1. The molecule has 1 amide bonds. The van der Waals surface area contributed by atoms with Crippen molar-refractivity contribution in [1.82, 2.24) is 14.9 Å². The number of rotatable bonds is 5. The second-order valence-corrected chi connectivity index (χ2v) is 9.72. The Hall–Kier alpha value is -3.62. The fraction of sp³-hybridized carbons (Fsp3) is 0.259. The lowest BCUT2D eigenvalue weighted by Crippen LogP contribution is -2.32. The number of likely N-dealkylation sites (N-methyl/N-ethyl adjacent to an activating group) is 1. The van der Waals surface area contributed by atoms with E-state index in [0.717, 1.165) is 46.4 Å². The third-order valence-corrected chi connectivity index (χ3v) is 6.93. The number of hydrogen-bond acceptors (Lipinski definition) is 7. The molecule has 4 aromatic rings. The van der Waals surface area contributed by atoms with Crippen molar-refractivity contribution < 1.29 is 14.3 Å². The van der Waals surface area contributed by atoms with Crippen LogP contribution in [0.3, 0.4) is 0 Å². The molecule has 3 heterocycles. The van der Waals surface area contributed by atoms with Gasteiger partial charge in [-0.3, -0.25) is 15.1 Å². The summed E-state index contributed by atoms with van der Waals surface area (Å²) in [6, 6.07) is 15.6. The molecule has 1 aliphatic rings. The molecular formula is C27H26N4O3S. The highest BCUT2D eigenvalue weighted by atomic mass is 32.1. The highest BCUT2D eigenvalue weighted by molar-refractivity contribution is 7.14. The molecule has 0 spiro atoms. The molecule has 0 radical (unpaired) electrons. The smallest absolute Gasteiger partial charge is 0.339 e. The van der Waals surface area contributed by atoms with Gasteiger partial charge in [0.1, 0.15) is 0 Å². The van der Waals surface area contributed by atoms with Crippen LogP contribution in [0.25, 0.3) is 22.2 Å². The standard InChI is InChI=1S/C27H26N4O3S/c1-16-8-10-18(11-9-16)23-15-35-27(29-23)30-25(32)17(2)34-26(33)24-19-6-4-5-7-21(19)28-22-12-13-31(3)14-20(22)24/h4-11,15,17H,12-14H2,1-3H3,(H,29,30,32).